The summed E-state index contributed by atoms with van der Waals surface area (Å²) in [5.41, 5.74) is 2.25. The second-order valence-electron chi connectivity index (χ2n) is 5.74. The summed E-state index contributed by atoms with van der Waals surface area (Å²) in [4.78, 5) is 29.6. The predicted molar refractivity (Wildman–Crippen MR) is 93.6 cm³/mol. The van der Waals surface area contributed by atoms with E-state index in [9.17, 15) is 19.1 Å². The average Bonchev–Trinajstić information content (AvgIpc) is 3.05. The number of rotatable bonds is 3. The summed E-state index contributed by atoms with van der Waals surface area (Å²) >= 11 is 0. The number of aromatic nitrogens is 2. The molecule has 1 heterocycles. The first-order valence-electron chi connectivity index (χ1n) is 7.66. The minimum absolute atomic E-state index is 0.0257. The molecule has 0 radical (unpaired) electrons. The number of amides is 1. The quantitative estimate of drug-likeness (QED) is 0.777. The minimum Gasteiger partial charge on any atom is -0.494 e. The molecule has 0 aliphatic carbocycles. The molecule has 0 aliphatic rings. The lowest BCUT2D eigenvalue weighted by molar-refractivity contribution is 0.0993. The molecule has 2 aromatic carbocycles. The van der Waals surface area contributed by atoms with E-state index in [0.717, 1.165) is 4.57 Å². The molecule has 26 heavy (non-hydrogen) atoms. The molecule has 1 aromatic heterocycles. The first kappa shape index (κ1) is 17.4. The number of carbonyl (C=O) groups is 2. The third kappa shape index (κ3) is 2.85. The van der Waals surface area contributed by atoms with Gasteiger partial charge in [0, 0.05) is 24.4 Å². The van der Waals surface area contributed by atoms with Gasteiger partial charge in [-0.05, 0) is 36.8 Å². The molecule has 0 aliphatic heterocycles. The van der Waals surface area contributed by atoms with Gasteiger partial charge in [0.25, 0.3) is 5.91 Å². The van der Waals surface area contributed by atoms with Crippen molar-refractivity contribution in [1.29, 1.82) is 0 Å². The summed E-state index contributed by atoms with van der Waals surface area (Å²) in [6.07, 6.45) is 0.0103. The van der Waals surface area contributed by atoms with Crippen LogP contribution < -0.4 is 9.64 Å². The standard InChI is InChI=1S/C18H16FN3O4/c1-10-6-11(7-14-16(10)20-9-22(14)18(24)25)17(23)21(2)12-4-5-13(19)15(8-12)26-3/h4-9H,1-3H3,(H,24,25). The van der Waals surface area contributed by atoms with Gasteiger partial charge in [-0.25, -0.2) is 18.7 Å². The van der Waals surface area contributed by atoms with Crippen molar-refractivity contribution in [1.82, 2.24) is 9.55 Å². The van der Waals surface area contributed by atoms with E-state index in [0.29, 0.717) is 27.8 Å². The molecule has 0 spiro atoms. The van der Waals surface area contributed by atoms with Crippen LogP contribution in [0.1, 0.15) is 15.9 Å². The van der Waals surface area contributed by atoms with E-state index in [1.807, 2.05) is 0 Å². The highest BCUT2D eigenvalue weighted by Gasteiger charge is 2.19. The van der Waals surface area contributed by atoms with Crippen LogP contribution in [-0.2, 0) is 0 Å². The normalized spacial score (nSPS) is 10.8. The van der Waals surface area contributed by atoms with Gasteiger partial charge in [0.1, 0.15) is 6.33 Å². The molecule has 3 aromatic rings. The number of halogens is 1. The zero-order valence-corrected chi connectivity index (χ0v) is 14.4. The molecule has 7 nitrogen and oxygen atoms in total. The predicted octanol–water partition coefficient (Wildman–Crippen LogP) is 3.30. The van der Waals surface area contributed by atoms with Crippen molar-refractivity contribution in [3.63, 3.8) is 0 Å². The Balaban J connectivity index is 2.04. The molecule has 8 heteroatoms. The number of hydrogen-bond acceptors (Lipinski definition) is 4. The van der Waals surface area contributed by atoms with Crippen LogP contribution >= 0.6 is 0 Å². The highest BCUT2D eigenvalue weighted by atomic mass is 19.1. The minimum atomic E-state index is -1.19. The van der Waals surface area contributed by atoms with Crippen LogP contribution in [-0.4, -0.2) is 40.8 Å². The Bertz CT molecular complexity index is 1030. The van der Waals surface area contributed by atoms with Gasteiger partial charge in [-0.3, -0.25) is 4.79 Å². The van der Waals surface area contributed by atoms with Crippen molar-refractivity contribution in [2.75, 3.05) is 19.1 Å². The molecular weight excluding hydrogens is 341 g/mol. The maximum Gasteiger partial charge on any atom is 0.417 e. The number of carbonyl (C=O) groups excluding carboxylic acids is 1. The first-order chi connectivity index (χ1) is 12.3. The summed E-state index contributed by atoms with van der Waals surface area (Å²) in [5.74, 6) is -0.876. The van der Waals surface area contributed by atoms with Crippen LogP contribution in [0.2, 0.25) is 0 Å². The van der Waals surface area contributed by atoms with E-state index in [-0.39, 0.29) is 11.7 Å². The number of benzene rings is 2. The lowest BCUT2D eigenvalue weighted by Gasteiger charge is -2.19. The fourth-order valence-electron chi connectivity index (χ4n) is 2.73. The van der Waals surface area contributed by atoms with Crippen molar-refractivity contribution in [3.8, 4) is 5.75 Å². The second-order valence-corrected chi connectivity index (χ2v) is 5.74. The Morgan fingerprint density at radius 2 is 2.00 bits per heavy atom. The van der Waals surface area contributed by atoms with E-state index in [4.69, 9.17) is 4.74 Å². The number of fused-ring (bicyclic) bond motifs is 1. The molecule has 0 saturated carbocycles. The number of anilines is 1. The Hall–Kier alpha value is -3.42. The third-order valence-corrected chi connectivity index (χ3v) is 4.12. The Labute approximate surface area is 148 Å². The van der Waals surface area contributed by atoms with Crippen molar-refractivity contribution in [3.05, 3.63) is 53.6 Å². The molecule has 1 amide bonds. The van der Waals surface area contributed by atoms with Gasteiger partial charge >= 0.3 is 6.09 Å². The number of hydrogen-bond donors (Lipinski definition) is 1. The summed E-state index contributed by atoms with van der Waals surface area (Å²) in [5, 5.41) is 9.24. The SMILES string of the molecule is COc1cc(N(C)C(=O)c2cc(C)c3ncn(C(=O)O)c3c2)ccc1F. The van der Waals surface area contributed by atoms with E-state index in [2.05, 4.69) is 4.98 Å². The fourth-order valence-corrected chi connectivity index (χ4v) is 2.73. The Morgan fingerprint density at radius 1 is 1.27 bits per heavy atom. The van der Waals surface area contributed by atoms with E-state index < -0.39 is 11.9 Å². The molecule has 3 rings (SSSR count). The highest BCUT2D eigenvalue weighted by molar-refractivity contribution is 6.08. The van der Waals surface area contributed by atoms with Gasteiger partial charge in [-0.1, -0.05) is 0 Å². The van der Waals surface area contributed by atoms with Crippen molar-refractivity contribution in [2.45, 2.75) is 6.92 Å². The lowest BCUT2D eigenvalue weighted by Crippen LogP contribution is -2.26. The van der Waals surface area contributed by atoms with Crippen LogP contribution in [0.4, 0.5) is 14.9 Å². The molecule has 1 N–H and O–H groups in total. The zero-order chi connectivity index (χ0) is 19.0. The maximum absolute atomic E-state index is 13.6. The third-order valence-electron chi connectivity index (χ3n) is 4.12. The van der Waals surface area contributed by atoms with Gasteiger partial charge in [0.05, 0.1) is 18.1 Å². The number of nitrogens with zero attached hydrogens (tertiary/aromatic N) is 3. The fraction of sp³-hybridized carbons (Fsp3) is 0.167. The van der Waals surface area contributed by atoms with Crippen LogP contribution in [0.25, 0.3) is 11.0 Å². The summed E-state index contributed by atoms with van der Waals surface area (Å²) in [6, 6.07) is 7.21. The number of imidazole rings is 1. The Kier molecular flexibility index (Phi) is 4.33. The van der Waals surface area contributed by atoms with Crippen LogP contribution in [0.15, 0.2) is 36.7 Å². The Morgan fingerprint density at radius 3 is 2.65 bits per heavy atom. The highest BCUT2D eigenvalue weighted by Crippen LogP contribution is 2.26. The summed E-state index contributed by atoms with van der Waals surface area (Å²) in [6.45, 7) is 1.75. The number of ether oxygens (including phenoxy) is 1. The summed E-state index contributed by atoms with van der Waals surface area (Å²) < 4.78 is 19.5. The van der Waals surface area contributed by atoms with Gasteiger partial charge in [0.15, 0.2) is 11.6 Å². The monoisotopic (exact) mass is 357 g/mol. The molecule has 0 saturated heterocycles. The summed E-state index contributed by atoms with van der Waals surface area (Å²) in [7, 11) is 2.89. The number of aryl methyl sites for hydroxylation is 1. The number of methoxy groups -OCH3 is 1. The van der Waals surface area contributed by atoms with Gasteiger partial charge in [0.2, 0.25) is 0 Å². The van der Waals surface area contributed by atoms with E-state index >= 15 is 0 Å². The molecule has 0 fully saturated rings. The van der Waals surface area contributed by atoms with Crippen molar-refractivity contribution < 1.29 is 23.8 Å². The maximum atomic E-state index is 13.6. The van der Waals surface area contributed by atoms with Crippen LogP contribution in [0, 0.1) is 12.7 Å². The number of carboxylic acid groups (broad SMARTS) is 1. The van der Waals surface area contributed by atoms with Crippen molar-refractivity contribution >= 4 is 28.7 Å². The van der Waals surface area contributed by atoms with Crippen LogP contribution in [0.5, 0.6) is 5.75 Å². The molecule has 0 bridgehead atoms. The van der Waals surface area contributed by atoms with Gasteiger partial charge in [-0.15, -0.1) is 0 Å². The van der Waals surface area contributed by atoms with Crippen LogP contribution in [0.3, 0.4) is 0 Å². The molecule has 0 unspecified atom stereocenters. The zero-order valence-electron chi connectivity index (χ0n) is 14.4. The molecule has 0 atom stereocenters. The molecule has 134 valence electrons. The van der Waals surface area contributed by atoms with E-state index in [1.165, 1.54) is 42.6 Å². The lowest BCUT2D eigenvalue weighted by atomic mass is 10.1. The average molecular weight is 357 g/mol. The molecular formula is C18H16FN3O4. The van der Waals surface area contributed by atoms with Crippen molar-refractivity contribution in [2.24, 2.45) is 0 Å². The topological polar surface area (TPSA) is 84.7 Å². The first-order valence-corrected chi connectivity index (χ1v) is 7.66. The second kappa shape index (κ2) is 6.47. The van der Waals surface area contributed by atoms with E-state index in [1.54, 1.807) is 20.0 Å². The smallest absolute Gasteiger partial charge is 0.417 e. The van der Waals surface area contributed by atoms with Gasteiger partial charge < -0.3 is 14.7 Å². The largest absolute Gasteiger partial charge is 0.494 e. The van der Waals surface area contributed by atoms with Gasteiger partial charge in [-0.2, -0.15) is 0 Å².